The lowest BCUT2D eigenvalue weighted by atomic mass is 10.2. The number of hydrogen-bond donors (Lipinski definition) is 0. The van der Waals surface area contributed by atoms with Crippen molar-refractivity contribution in [3.05, 3.63) is 46.2 Å². The minimum atomic E-state index is -0.907. The van der Waals surface area contributed by atoms with E-state index in [4.69, 9.17) is 4.74 Å². The molecule has 1 fully saturated rings. The Kier molecular flexibility index (Phi) is 4.41. The Hall–Kier alpha value is -3.50. The second-order valence-corrected chi connectivity index (χ2v) is 6.44. The van der Waals surface area contributed by atoms with Crippen molar-refractivity contribution >= 4 is 23.0 Å². The number of fused-ring (bicyclic) bond motifs is 1. The van der Waals surface area contributed by atoms with Crippen LogP contribution in [-0.2, 0) is 0 Å². The molecular weight excluding hydrogens is 369 g/mol. The SMILES string of the molecule is COc1cc(F)c([N+](=O)[O-])c(N2CCN(c3cc(C)nc4ncnn34)CC2)c1. The zero-order valence-corrected chi connectivity index (χ0v) is 15.4. The van der Waals surface area contributed by atoms with E-state index in [0.29, 0.717) is 32.0 Å². The fourth-order valence-electron chi connectivity index (χ4n) is 3.41. The van der Waals surface area contributed by atoms with E-state index in [1.165, 1.54) is 19.5 Å². The van der Waals surface area contributed by atoms with Gasteiger partial charge < -0.3 is 14.5 Å². The van der Waals surface area contributed by atoms with Crippen LogP contribution in [0.5, 0.6) is 5.75 Å². The molecule has 1 saturated heterocycles. The van der Waals surface area contributed by atoms with Gasteiger partial charge >= 0.3 is 5.69 Å². The van der Waals surface area contributed by atoms with E-state index in [0.717, 1.165) is 17.6 Å². The smallest absolute Gasteiger partial charge is 0.328 e. The van der Waals surface area contributed by atoms with Gasteiger partial charge in [0.15, 0.2) is 0 Å². The van der Waals surface area contributed by atoms with E-state index in [2.05, 4.69) is 20.0 Å². The summed E-state index contributed by atoms with van der Waals surface area (Å²) < 4.78 is 21.0. The first-order chi connectivity index (χ1) is 13.5. The van der Waals surface area contributed by atoms with Gasteiger partial charge in [-0.25, -0.2) is 4.98 Å². The van der Waals surface area contributed by atoms with E-state index in [1.54, 1.807) is 9.42 Å². The second kappa shape index (κ2) is 6.91. The molecular formula is C17H18FN7O3. The Morgan fingerprint density at radius 2 is 1.89 bits per heavy atom. The standard InChI is InChI=1S/C17H18FN7O3/c1-11-7-15(24-17(21-11)19-10-20-24)23-5-3-22(4-6-23)14-9-12(28-2)8-13(18)16(14)25(26)27/h7-10H,3-6H2,1-2H3. The molecule has 3 heterocycles. The molecule has 0 saturated carbocycles. The highest BCUT2D eigenvalue weighted by molar-refractivity contribution is 5.67. The van der Waals surface area contributed by atoms with Crippen LogP contribution in [0, 0.1) is 22.9 Å². The molecule has 1 aliphatic rings. The predicted molar refractivity (Wildman–Crippen MR) is 99.6 cm³/mol. The first-order valence-corrected chi connectivity index (χ1v) is 8.67. The minimum absolute atomic E-state index is 0.221. The van der Waals surface area contributed by atoms with Crippen LogP contribution in [0.4, 0.5) is 21.6 Å². The molecule has 0 amide bonds. The number of nitrogens with zero attached hydrogens (tertiary/aromatic N) is 7. The molecule has 4 rings (SSSR count). The number of nitro groups is 1. The zero-order chi connectivity index (χ0) is 19.8. The van der Waals surface area contributed by atoms with Crippen LogP contribution in [0.15, 0.2) is 24.5 Å². The average molecular weight is 387 g/mol. The van der Waals surface area contributed by atoms with Gasteiger partial charge in [-0.05, 0) is 6.92 Å². The molecule has 0 N–H and O–H groups in total. The summed E-state index contributed by atoms with van der Waals surface area (Å²) in [5.41, 5.74) is 0.509. The van der Waals surface area contributed by atoms with E-state index >= 15 is 0 Å². The van der Waals surface area contributed by atoms with Crippen LogP contribution in [0.1, 0.15) is 5.69 Å². The molecule has 0 bridgehead atoms. The van der Waals surface area contributed by atoms with Crippen LogP contribution < -0.4 is 14.5 Å². The summed E-state index contributed by atoms with van der Waals surface area (Å²) in [6.45, 7) is 4.00. The fourth-order valence-corrected chi connectivity index (χ4v) is 3.41. The van der Waals surface area contributed by atoms with Gasteiger partial charge in [0, 0.05) is 50.1 Å². The second-order valence-electron chi connectivity index (χ2n) is 6.44. The number of methoxy groups -OCH3 is 1. The number of aryl methyl sites for hydroxylation is 1. The normalized spacial score (nSPS) is 14.5. The number of rotatable bonds is 4. The topological polar surface area (TPSA) is 102 Å². The molecule has 10 nitrogen and oxygen atoms in total. The van der Waals surface area contributed by atoms with E-state index in [1.807, 2.05) is 13.0 Å². The Labute approximate surface area is 159 Å². The third-order valence-electron chi connectivity index (χ3n) is 4.74. The molecule has 1 aliphatic heterocycles. The van der Waals surface area contributed by atoms with Crippen LogP contribution in [-0.4, -0.2) is 57.8 Å². The molecule has 0 radical (unpaired) electrons. The lowest BCUT2D eigenvalue weighted by Gasteiger charge is -2.37. The molecule has 0 unspecified atom stereocenters. The van der Waals surface area contributed by atoms with Crippen LogP contribution in [0.25, 0.3) is 5.78 Å². The van der Waals surface area contributed by atoms with Crippen molar-refractivity contribution in [3.8, 4) is 5.75 Å². The lowest BCUT2D eigenvalue weighted by Crippen LogP contribution is -2.47. The number of piperazine rings is 1. The molecule has 2 aromatic heterocycles. The molecule has 28 heavy (non-hydrogen) atoms. The van der Waals surface area contributed by atoms with Gasteiger partial charge in [-0.2, -0.15) is 19.0 Å². The molecule has 146 valence electrons. The van der Waals surface area contributed by atoms with Gasteiger partial charge in [-0.3, -0.25) is 10.1 Å². The number of hydrogen-bond acceptors (Lipinski definition) is 8. The van der Waals surface area contributed by atoms with Crippen molar-refractivity contribution in [1.82, 2.24) is 19.6 Å². The monoisotopic (exact) mass is 387 g/mol. The summed E-state index contributed by atoms with van der Waals surface area (Å²) >= 11 is 0. The molecule has 11 heteroatoms. The third kappa shape index (κ3) is 3.04. The summed E-state index contributed by atoms with van der Waals surface area (Å²) in [7, 11) is 1.40. The van der Waals surface area contributed by atoms with Crippen molar-refractivity contribution in [2.75, 3.05) is 43.1 Å². The van der Waals surface area contributed by atoms with Crippen LogP contribution in [0.2, 0.25) is 0 Å². The van der Waals surface area contributed by atoms with Crippen molar-refractivity contribution in [2.45, 2.75) is 6.92 Å². The number of anilines is 2. The van der Waals surface area contributed by atoms with Crippen LogP contribution >= 0.6 is 0 Å². The van der Waals surface area contributed by atoms with Crippen molar-refractivity contribution in [1.29, 1.82) is 0 Å². The highest BCUT2D eigenvalue weighted by Crippen LogP contribution is 2.36. The van der Waals surface area contributed by atoms with E-state index in [-0.39, 0.29) is 11.4 Å². The van der Waals surface area contributed by atoms with Gasteiger partial charge in [-0.15, -0.1) is 0 Å². The van der Waals surface area contributed by atoms with Gasteiger partial charge in [0.25, 0.3) is 5.78 Å². The first kappa shape index (κ1) is 17.9. The number of aromatic nitrogens is 4. The number of halogens is 1. The summed E-state index contributed by atoms with van der Waals surface area (Å²) in [6.07, 6.45) is 1.45. The molecule has 0 aliphatic carbocycles. The molecule has 0 atom stereocenters. The van der Waals surface area contributed by atoms with E-state index < -0.39 is 16.4 Å². The molecule has 3 aromatic rings. The Bertz CT molecular complexity index is 1050. The molecule has 1 aromatic carbocycles. The maximum atomic E-state index is 14.2. The predicted octanol–water partition coefficient (Wildman–Crippen LogP) is 1.82. The van der Waals surface area contributed by atoms with E-state index in [9.17, 15) is 14.5 Å². The Morgan fingerprint density at radius 1 is 1.18 bits per heavy atom. The van der Waals surface area contributed by atoms with Crippen molar-refractivity contribution in [3.63, 3.8) is 0 Å². The highest BCUT2D eigenvalue weighted by atomic mass is 19.1. The molecule has 0 spiro atoms. The van der Waals surface area contributed by atoms with Crippen molar-refractivity contribution in [2.24, 2.45) is 0 Å². The lowest BCUT2D eigenvalue weighted by molar-refractivity contribution is -0.386. The maximum absolute atomic E-state index is 14.2. The third-order valence-corrected chi connectivity index (χ3v) is 4.74. The minimum Gasteiger partial charge on any atom is -0.497 e. The Morgan fingerprint density at radius 3 is 2.57 bits per heavy atom. The number of benzene rings is 1. The Balaban J connectivity index is 1.62. The van der Waals surface area contributed by atoms with Gasteiger partial charge in [0.1, 0.15) is 23.6 Å². The van der Waals surface area contributed by atoms with Crippen molar-refractivity contribution < 1.29 is 14.1 Å². The summed E-state index contributed by atoms with van der Waals surface area (Å²) in [6, 6.07) is 4.45. The average Bonchev–Trinajstić information content (AvgIpc) is 3.14. The summed E-state index contributed by atoms with van der Waals surface area (Å²) in [5.74, 6) is 0.708. The van der Waals surface area contributed by atoms with Gasteiger partial charge in [0.05, 0.1) is 12.0 Å². The highest BCUT2D eigenvalue weighted by Gasteiger charge is 2.29. The van der Waals surface area contributed by atoms with Gasteiger partial charge in [0.2, 0.25) is 5.82 Å². The number of nitro benzene ring substituents is 1. The summed E-state index contributed by atoms with van der Waals surface area (Å²) in [5, 5.41) is 15.6. The number of ether oxygens (including phenoxy) is 1. The van der Waals surface area contributed by atoms with Crippen LogP contribution in [0.3, 0.4) is 0 Å². The first-order valence-electron chi connectivity index (χ1n) is 8.67. The fraction of sp³-hybridized carbons (Fsp3) is 0.353. The summed E-state index contributed by atoms with van der Waals surface area (Å²) in [4.78, 5) is 23.1. The zero-order valence-electron chi connectivity index (χ0n) is 15.4. The quantitative estimate of drug-likeness (QED) is 0.493. The van der Waals surface area contributed by atoms with Gasteiger partial charge in [-0.1, -0.05) is 0 Å². The largest absolute Gasteiger partial charge is 0.497 e. The maximum Gasteiger partial charge on any atom is 0.328 e.